The van der Waals surface area contributed by atoms with Crippen LogP contribution in [0.25, 0.3) is 11.2 Å². The largest absolute Gasteiger partial charge is 0.389 e. The number of piperidine rings is 1. The van der Waals surface area contributed by atoms with Crippen molar-refractivity contribution < 1.29 is 22.8 Å². The van der Waals surface area contributed by atoms with Crippen LogP contribution in [-0.2, 0) is 4.79 Å². The number of nitrogens with zero attached hydrogens (tertiary/aromatic N) is 6. The number of rotatable bonds is 7. The number of pyridine rings is 2. The van der Waals surface area contributed by atoms with Gasteiger partial charge in [-0.15, -0.1) is 5.10 Å². The van der Waals surface area contributed by atoms with Crippen LogP contribution in [0.15, 0.2) is 73.2 Å². The van der Waals surface area contributed by atoms with Crippen molar-refractivity contribution in [3.05, 3.63) is 89.9 Å². The predicted molar refractivity (Wildman–Crippen MR) is 159 cm³/mol. The third kappa shape index (κ3) is 6.74. The molecule has 0 unspecified atom stereocenters. The summed E-state index contributed by atoms with van der Waals surface area (Å²) in [5.41, 5.74) is 5.07. The first-order chi connectivity index (χ1) is 21.2. The van der Waals surface area contributed by atoms with Crippen LogP contribution < -0.4 is 5.32 Å². The zero-order valence-electron chi connectivity index (χ0n) is 24.0. The molecular weight excluding hydrogens is 571 g/mol. The van der Waals surface area contributed by atoms with Crippen molar-refractivity contribution in [3.8, 4) is 0 Å². The molecule has 4 aromatic rings. The van der Waals surface area contributed by atoms with Gasteiger partial charge in [-0.1, -0.05) is 6.08 Å². The molecule has 5 heterocycles. The summed E-state index contributed by atoms with van der Waals surface area (Å²) in [4.78, 5) is 37.5. The van der Waals surface area contributed by atoms with Gasteiger partial charge in [-0.25, -0.2) is 4.52 Å². The van der Waals surface area contributed by atoms with Gasteiger partial charge in [-0.2, -0.15) is 18.2 Å². The molecule has 0 saturated carbocycles. The Bertz CT molecular complexity index is 1660. The number of anilines is 2. The van der Waals surface area contributed by atoms with Crippen molar-refractivity contribution in [1.29, 1.82) is 0 Å². The van der Waals surface area contributed by atoms with Crippen LogP contribution in [0.4, 0.5) is 24.8 Å². The number of amides is 2. The highest BCUT2D eigenvalue weighted by Crippen LogP contribution is 2.30. The van der Waals surface area contributed by atoms with E-state index in [1.54, 1.807) is 22.8 Å². The van der Waals surface area contributed by atoms with E-state index in [4.69, 9.17) is 0 Å². The molecule has 44 heavy (non-hydrogen) atoms. The summed E-state index contributed by atoms with van der Waals surface area (Å²) in [6.45, 7) is 2.01. The summed E-state index contributed by atoms with van der Waals surface area (Å²) in [5, 5.41) is 7.74. The number of carbonyl (C=O) groups excluding carboxylic acids is 2. The Morgan fingerprint density at radius 2 is 1.70 bits per heavy atom. The highest BCUT2D eigenvalue weighted by molar-refractivity contribution is 5.94. The van der Waals surface area contributed by atoms with Gasteiger partial charge in [0.05, 0.1) is 6.42 Å². The number of hydrogen-bond acceptors (Lipinski definition) is 6. The van der Waals surface area contributed by atoms with Gasteiger partial charge >= 0.3 is 6.18 Å². The Morgan fingerprint density at radius 1 is 0.955 bits per heavy atom. The molecule has 1 N–H and O–H groups in total. The molecular formula is C32H32F3N7O2. The maximum Gasteiger partial charge on any atom is 0.389 e. The minimum atomic E-state index is -4.35. The van der Waals surface area contributed by atoms with E-state index in [2.05, 4.69) is 20.4 Å². The summed E-state index contributed by atoms with van der Waals surface area (Å²) >= 11 is 0. The summed E-state index contributed by atoms with van der Waals surface area (Å²) in [6, 6.07) is 15.1. The van der Waals surface area contributed by atoms with Crippen LogP contribution in [0, 0.1) is 0 Å². The normalized spacial score (nSPS) is 16.2. The minimum absolute atomic E-state index is 0.0154. The number of fused-ring (bicyclic) bond motifs is 1. The lowest BCUT2D eigenvalue weighted by Crippen LogP contribution is -2.37. The lowest BCUT2D eigenvalue weighted by Gasteiger charge is -2.32. The number of halogens is 3. The summed E-state index contributed by atoms with van der Waals surface area (Å²) < 4.78 is 39.2. The molecule has 2 amide bonds. The molecule has 228 valence electrons. The van der Waals surface area contributed by atoms with Gasteiger partial charge in [0.1, 0.15) is 0 Å². The van der Waals surface area contributed by atoms with Crippen LogP contribution >= 0.6 is 0 Å². The average Bonchev–Trinajstić information content (AvgIpc) is 3.46. The molecule has 0 atom stereocenters. The number of hydrogen-bond donors (Lipinski definition) is 1. The number of benzene rings is 1. The molecule has 2 aliphatic heterocycles. The summed E-state index contributed by atoms with van der Waals surface area (Å²) in [6.07, 6.45) is 3.62. The zero-order valence-corrected chi connectivity index (χ0v) is 24.0. The first-order valence-corrected chi connectivity index (χ1v) is 14.7. The quantitative estimate of drug-likeness (QED) is 0.285. The number of aromatic nitrogens is 4. The number of alkyl halides is 3. The average molecular weight is 604 g/mol. The lowest BCUT2D eigenvalue weighted by molar-refractivity contribution is -0.148. The monoisotopic (exact) mass is 603 g/mol. The molecule has 1 fully saturated rings. The highest BCUT2D eigenvalue weighted by Gasteiger charge is 2.30. The third-order valence-corrected chi connectivity index (χ3v) is 8.24. The van der Waals surface area contributed by atoms with Crippen molar-refractivity contribution in [3.63, 3.8) is 0 Å². The van der Waals surface area contributed by atoms with Crippen molar-refractivity contribution in [2.75, 3.05) is 31.5 Å². The van der Waals surface area contributed by atoms with Gasteiger partial charge < -0.3 is 15.1 Å². The fourth-order valence-corrected chi connectivity index (χ4v) is 5.82. The molecule has 9 nitrogen and oxygen atoms in total. The van der Waals surface area contributed by atoms with E-state index in [1.807, 2.05) is 59.8 Å². The summed E-state index contributed by atoms with van der Waals surface area (Å²) in [7, 11) is 0. The minimum Gasteiger partial charge on any atom is -0.339 e. The van der Waals surface area contributed by atoms with Crippen LogP contribution in [0.3, 0.4) is 0 Å². The number of nitrogens with one attached hydrogen (secondary N) is 1. The van der Waals surface area contributed by atoms with Crippen molar-refractivity contribution in [1.82, 2.24) is 29.4 Å². The Balaban J connectivity index is 1.07. The molecule has 1 saturated heterocycles. The second-order valence-corrected chi connectivity index (χ2v) is 11.1. The summed E-state index contributed by atoms with van der Waals surface area (Å²) in [5.74, 6) is 0.344. The van der Waals surface area contributed by atoms with Gasteiger partial charge in [0.15, 0.2) is 5.65 Å². The maximum atomic E-state index is 13.1. The molecule has 0 aliphatic carbocycles. The van der Waals surface area contributed by atoms with E-state index in [9.17, 15) is 22.8 Å². The van der Waals surface area contributed by atoms with Crippen molar-refractivity contribution >= 4 is 34.7 Å². The van der Waals surface area contributed by atoms with E-state index in [1.165, 1.54) is 10.5 Å². The fraction of sp³-hybridized carbons (Fsp3) is 0.344. The van der Waals surface area contributed by atoms with Crippen LogP contribution in [0.2, 0.25) is 0 Å². The van der Waals surface area contributed by atoms with Gasteiger partial charge in [-0.05, 0) is 84.8 Å². The Morgan fingerprint density at radius 3 is 2.39 bits per heavy atom. The number of likely N-dealkylation sites (tertiary alicyclic amines) is 1. The standard InChI is InChI=1S/C32H32F3N7O2/c33-32(34,35)14-7-28(43)40-18-12-24(13-19-40)27-2-1-17-42-29(27)38-31(39-42)37-26-5-3-25(4-6-26)30(44)41-20-10-23(11-21-41)22-8-15-36-16-9-22/h1-6,8-9,12,15-17,23H,7,10-11,13-14,18-21H2,(H,37,39). The smallest absolute Gasteiger partial charge is 0.339 e. The van der Waals surface area contributed by atoms with Gasteiger partial charge in [0.25, 0.3) is 5.91 Å². The second kappa shape index (κ2) is 12.5. The van der Waals surface area contributed by atoms with Crippen LogP contribution in [0.1, 0.15) is 59.5 Å². The van der Waals surface area contributed by atoms with Crippen molar-refractivity contribution in [2.45, 2.75) is 44.2 Å². The van der Waals surface area contributed by atoms with Crippen molar-refractivity contribution in [2.24, 2.45) is 0 Å². The molecule has 0 spiro atoms. The molecule has 12 heteroatoms. The Kier molecular flexibility index (Phi) is 8.32. The first-order valence-electron chi connectivity index (χ1n) is 14.7. The van der Waals surface area contributed by atoms with E-state index >= 15 is 0 Å². The van der Waals surface area contributed by atoms with Crippen LogP contribution in [0.5, 0.6) is 0 Å². The topological polar surface area (TPSA) is 95.7 Å². The molecule has 1 aromatic carbocycles. The van der Waals surface area contributed by atoms with Gasteiger partial charge in [0.2, 0.25) is 11.9 Å². The molecule has 0 bridgehead atoms. The molecule has 0 radical (unpaired) electrons. The fourth-order valence-electron chi connectivity index (χ4n) is 5.82. The highest BCUT2D eigenvalue weighted by atomic mass is 19.4. The van der Waals surface area contributed by atoms with E-state index in [0.29, 0.717) is 49.1 Å². The van der Waals surface area contributed by atoms with Gasteiger partial charge in [0, 0.05) is 68.0 Å². The third-order valence-electron chi connectivity index (χ3n) is 8.24. The molecule has 3 aromatic heterocycles. The first kappa shape index (κ1) is 29.3. The predicted octanol–water partition coefficient (Wildman–Crippen LogP) is 5.85. The lowest BCUT2D eigenvalue weighted by atomic mass is 9.90. The van der Waals surface area contributed by atoms with Gasteiger partial charge in [-0.3, -0.25) is 14.6 Å². The molecule has 2 aliphatic rings. The van der Waals surface area contributed by atoms with E-state index in [0.717, 1.165) is 29.7 Å². The van der Waals surface area contributed by atoms with E-state index < -0.39 is 24.9 Å². The Labute approximate surface area is 252 Å². The second-order valence-electron chi connectivity index (χ2n) is 11.1. The van der Waals surface area contributed by atoms with Crippen LogP contribution in [-0.4, -0.2) is 73.6 Å². The number of carbonyl (C=O) groups is 2. The Hall–Kier alpha value is -4.74. The van der Waals surface area contributed by atoms with E-state index in [-0.39, 0.29) is 12.5 Å². The maximum absolute atomic E-state index is 13.1. The molecule has 6 rings (SSSR count). The zero-order chi connectivity index (χ0) is 30.7. The SMILES string of the molecule is O=C(CCC(F)(F)F)N1CC=C(c2cccn3nc(Nc4ccc(C(=O)N5CCC(c6ccncc6)CC5)cc4)nc23)CC1.